The highest BCUT2D eigenvalue weighted by atomic mass is 16.5. The first kappa shape index (κ1) is 10.6. The quantitative estimate of drug-likeness (QED) is 0.758. The van der Waals surface area contributed by atoms with Crippen LogP contribution in [0.1, 0.15) is 25.5 Å². The highest BCUT2D eigenvalue weighted by molar-refractivity contribution is 5.15. The largest absolute Gasteiger partial charge is 0.379 e. The summed E-state index contributed by atoms with van der Waals surface area (Å²) in [6.45, 7) is 8.25. The van der Waals surface area contributed by atoms with Gasteiger partial charge in [0.25, 0.3) is 0 Å². The van der Waals surface area contributed by atoms with E-state index in [0.717, 1.165) is 18.2 Å². The smallest absolute Gasteiger partial charge is 0.142 e. The van der Waals surface area contributed by atoms with Crippen LogP contribution in [-0.2, 0) is 16.7 Å². The Balaban J connectivity index is 2.44. The van der Waals surface area contributed by atoms with Gasteiger partial charge in [-0.1, -0.05) is 0 Å². The Morgan fingerprint density at radius 1 is 1.60 bits per heavy atom. The van der Waals surface area contributed by atoms with Gasteiger partial charge in [-0.2, -0.15) is 0 Å². The lowest BCUT2D eigenvalue weighted by molar-refractivity contribution is 0.177. The third kappa shape index (κ3) is 1.46. The topological polar surface area (TPSA) is 66.0 Å². The highest BCUT2D eigenvalue weighted by Crippen LogP contribution is 2.30. The number of aryl methyl sites for hydroxylation is 1. The van der Waals surface area contributed by atoms with Gasteiger partial charge in [-0.15, -0.1) is 10.2 Å². The third-order valence-corrected chi connectivity index (χ3v) is 3.28. The number of hydrogen-bond donors (Lipinski definition) is 1. The number of nitrogens with zero attached hydrogens (tertiary/aromatic N) is 3. The molecular formula is C10H18N4O. The zero-order valence-electron chi connectivity index (χ0n) is 9.53. The van der Waals surface area contributed by atoms with Crippen molar-refractivity contribution in [2.75, 3.05) is 13.2 Å². The summed E-state index contributed by atoms with van der Waals surface area (Å²) in [6.07, 6.45) is 0. The van der Waals surface area contributed by atoms with E-state index in [0.29, 0.717) is 13.2 Å². The zero-order chi connectivity index (χ0) is 11.1. The van der Waals surface area contributed by atoms with Crippen molar-refractivity contribution in [3.63, 3.8) is 0 Å². The Hall–Kier alpha value is -0.940. The van der Waals surface area contributed by atoms with Crippen molar-refractivity contribution in [3.05, 3.63) is 11.6 Å². The first-order valence-electron chi connectivity index (χ1n) is 5.33. The van der Waals surface area contributed by atoms with Crippen LogP contribution in [0.15, 0.2) is 0 Å². The number of hydrogen-bond acceptors (Lipinski definition) is 4. The maximum absolute atomic E-state index is 6.07. The van der Waals surface area contributed by atoms with Crippen molar-refractivity contribution in [1.82, 2.24) is 14.8 Å². The van der Waals surface area contributed by atoms with Crippen LogP contribution in [0.5, 0.6) is 0 Å². The molecule has 1 fully saturated rings. The van der Waals surface area contributed by atoms with Crippen molar-refractivity contribution < 1.29 is 4.74 Å². The van der Waals surface area contributed by atoms with Gasteiger partial charge in [0.1, 0.15) is 11.6 Å². The predicted octanol–water partition coefficient (Wildman–Crippen LogP) is 0.222. The molecule has 2 N–H and O–H groups in total. The van der Waals surface area contributed by atoms with Gasteiger partial charge in [0, 0.05) is 12.6 Å². The highest BCUT2D eigenvalue weighted by Gasteiger charge is 2.43. The van der Waals surface area contributed by atoms with E-state index in [-0.39, 0.29) is 11.5 Å². The van der Waals surface area contributed by atoms with Crippen LogP contribution in [0, 0.1) is 6.92 Å². The zero-order valence-corrected chi connectivity index (χ0v) is 9.53. The van der Waals surface area contributed by atoms with Crippen LogP contribution >= 0.6 is 0 Å². The monoisotopic (exact) mass is 210 g/mol. The van der Waals surface area contributed by atoms with E-state index in [1.54, 1.807) is 0 Å². The fourth-order valence-corrected chi connectivity index (χ4v) is 2.10. The molecule has 5 heteroatoms. The lowest BCUT2D eigenvalue weighted by Crippen LogP contribution is -2.44. The molecule has 2 atom stereocenters. The summed E-state index contributed by atoms with van der Waals surface area (Å²) in [5.41, 5.74) is 5.87. The molecule has 0 saturated carbocycles. The van der Waals surface area contributed by atoms with E-state index >= 15 is 0 Å². The molecule has 15 heavy (non-hydrogen) atoms. The second kappa shape index (κ2) is 3.57. The summed E-state index contributed by atoms with van der Waals surface area (Å²) in [4.78, 5) is 0. The second-order valence-corrected chi connectivity index (χ2v) is 4.35. The summed E-state index contributed by atoms with van der Waals surface area (Å²) in [5, 5.41) is 8.36. The van der Waals surface area contributed by atoms with Crippen LogP contribution in [0.2, 0.25) is 0 Å². The first-order chi connectivity index (χ1) is 7.09. The van der Waals surface area contributed by atoms with Gasteiger partial charge in [0.05, 0.1) is 18.6 Å². The molecule has 2 heterocycles. The van der Waals surface area contributed by atoms with Crippen molar-refractivity contribution in [2.45, 2.75) is 38.8 Å². The molecule has 1 aliphatic heterocycles. The predicted molar refractivity (Wildman–Crippen MR) is 56.6 cm³/mol. The SMILES string of the molecule is CCn1c(C)nnc1C1(C)COCC1N. The molecule has 0 radical (unpaired) electrons. The van der Waals surface area contributed by atoms with Gasteiger partial charge in [-0.3, -0.25) is 0 Å². The summed E-state index contributed by atoms with van der Waals surface area (Å²) in [7, 11) is 0. The number of ether oxygens (including phenoxy) is 1. The third-order valence-electron chi connectivity index (χ3n) is 3.28. The molecule has 0 bridgehead atoms. The van der Waals surface area contributed by atoms with Crippen LogP contribution in [-0.4, -0.2) is 34.0 Å². The van der Waals surface area contributed by atoms with Gasteiger partial charge in [-0.05, 0) is 20.8 Å². The molecule has 0 aliphatic carbocycles. The Bertz CT molecular complexity index is 362. The maximum Gasteiger partial charge on any atom is 0.142 e. The van der Waals surface area contributed by atoms with Gasteiger partial charge in [-0.25, -0.2) is 0 Å². The molecule has 1 aromatic heterocycles. The molecular weight excluding hydrogens is 192 g/mol. The van der Waals surface area contributed by atoms with E-state index in [1.165, 1.54) is 0 Å². The first-order valence-corrected chi connectivity index (χ1v) is 5.33. The van der Waals surface area contributed by atoms with Crippen molar-refractivity contribution in [3.8, 4) is 0 Å². The molecule has 2 unspecified atom stereocenters. The minimum absolute atomic E-state index is 0.00593. The van der Waals surface area contributed by atoms with Gasteiger partial charge in [0.2, 0.25) is 0 Å². The molecule has 5 nitrogen and oxygen atoms in total. The summed E-state index contributed by atoms with van der Waals surface area (Å²) < 4.78 is 7.54. The molecule has 1 aromatic rings. The maximum atomic E-state index is 6.07. The van der Waals surface area contributed by atoms with Crippen molar-refractivity contribution in [2.24, 2.45) is 5.73 Å². The molecule has 1 aliphatic rings. The lowest BCUT2D eigenvalue weighted by Gasteiger charge is -2.26. The normalized spacial score (nSPS) is 31.1. The van der Waals surface area contributed by atoms with E-state index in [4.69, 9.17) is 10.5 Å². The average Bonchev–Trinajstić information content (AvgIpc) is 2.72. The standard InChI is InChI=1S/C10H18N4O/c1-4-14-7(2)12-13-9(14)10(3)6-15-5-8(10)11/h8H,4-6,11H2,1-3H3. The Morgan fingerprint density at radius 2 is 2.33 bits per heavy atom. The molecule has 2 rings (SSSR count). The summed E-state index contributed by atoms with van der Waals surface area (Å²) >= 11 is 0. The van der Waals surface area contributed by atoms with Crippen LogP contribution in [0.3, 0.4) is 0 Å². The second-order valence-electron chi connectivity index (χ2n) is 4.35. The Labute approximate surface area is 89.6 Å². The van der Waals surface area contributed by atoms with Crippen LogP contribution < -0.4 is 5.73 Å². The van der Waals surface area contributed by atoms with Gasteiger partial charge >= 0.3 is 0 Å². The van der Waals surface area contributed by atoms with E-state index < -0.39 is 0 Å². The van der Waals surface area contributed by atoms with Gasteiger partial charge in [0.15, 0.2) is 0 Å². The number of nitrogens with two attached hydrogens (primary N) is 1. The van der Waals surface area contributed by atoms with E-state index in [1.807, 2.05) is 6.92 Å². The lowest BCUT2D eigenvalue weighted by atomic mass is 9.85. The molecule has 1 saturated heterocycles. The molecule has 0 aromatic carbocycles. The molecule has 84 valence electrons. The van der Waals surface area contributed by atoms with Crippen molar-refractivity contribution in [1.29, 1.82) is 0 Å². The fraction of sp³-hybridized carbons (Fsp3) is 0.800. The minimum Gasteiger partial charge on any atom is -0.379 e. The molecule has 0 amide bonds. The van der Waals surface area contributed by atoms with Crippen molar-refractivity contribution >= 4 is 0 Å². The summed E-state index contributed by atoms with van der Waals surface area (Å²) in [5.74, 6) is 1.89. The fourth-order valence-electron chi connectivity index (χ4n) is 2.10. The van der Waals surface area contributed by atoms with Gasteiger partial charge < -0.3 is 15.0 Å². The van der Waals surface area contributed by atoms with E-state index in [9.17, 15) is 0 Å². The average molecular weight is 210 g/mol. The minimum atomic E-state index is -0.197. The Morgan fingerprint density at radius 3 is 2.87 bits per heavy atom. The summed E-state index contributed by atoms with van der Waals surface area (Å²) in [6, 6.07) is 0.00593. The number of aromatic nitrogens is 3. The van der Waals surface area contributed by atoms with E-state index in [2.05, 4.69) is 28.6 Å². The molecule has 0 spiro atoms. The number of rotatable bonds is 2. The van der Waals surface area contributed by atoms with Crippen LogP contribution in [0.4, 0.5) is 0 Å². The van der Waals surface area contributed by atoms with Crippen LogP contribution in [0.25, 0.3) is 0 Å². The Kier molecular flexibility index (Phi) is 2.52.